The highest BCUT2D eigenvalue weighted by Crippen LogP contribution is 2.00. The van der Waals surface area contributed by atoms with E-state index in [1.54, 1.807) is 0 Å². The van der Waals surface area contributed by atoms with Crippen LogP contribution in [0.4, 0.5) is 0 Å². The fourth-order valence-corrected chi connectivity index (χ4v) is 1.02. The van der Waals surface area contributed by atoms with Crippen molar-refractivity contribution in [3.8, 4) is 11.8 Å². The molecular weight excluding hydrogens is 168 g/mol. The molecule has 0 radical (unpaired) electrons. The molecular formula is C14H16. The summed E-state index contributed by atoms with van der Waals surface area (Å²) in [5.41, 5.74) is 1.20. The van der Waals surface area contributed by atoms with E-state index in [0.717, 1.165) is 6.42 Å². The maximum Gasteiger partial charge on any atom is 0.0115 e. The van der Waals surface area contributed by atoms with Gasteiger partial charge in [-0.1, -0.05) is 56.0 Å². The molecule has 0 aliphatic heterocycles. The predicted molar refractivity (Wildman–Crippen MR) is 62.7 cm³/mol. The lowest BCUT2D eigenvalue weighted by atomic mass is 10.1. The SMILES string of the molecule is CC(C)CC#C/C=C/c1ccccc1. The standard InChI is InChI=1S/C14H16/c1-13(2)9-5-3-6-10-14-11-7-4-8-12-14/h4,6-8,10-13H,9H2,1-2H3/b10-6+. The summed E-state index contributed by atoms with van der Waals surface area (Å²) < 4.78 is 0. The number of hydrogen-bond acceptors (Lipinski definition) is 0. The van der Waals surface area contributed by atoms with E-state index in [2.05, 4.69) is 37.8 Å². The molecule has 0 unspecified atom stereocenters. The van der Waals surface area contributed by atoms with Crippen LogP contribution in [0.3, 0.4) is 0 Å². The van der Waals surface area contributed by atoms with Crippen molar-refractivity contribution >= 4 is 6.08 Å². The molecule has 0 heteroatoms. The lowest BCUT2D eigenvalue weighted by Crippen LogP contribution is -1.80. The van der Waals surface area contributed by atoms with Gasteiger partial charge in [0.15, 0.2) is 0 Å². The van der Waals surface area contributed by atoms with Gasteiger partial charge in [0.2, 0.25) is 0 Å². The van der Waals surface area contributed by atoms with E-state index in [4.69, 9.17) is 0 Å². The van der Waals surface area contributed by atoms with Crippen molar-refractivity contribution in [1.29, 1.82) is 0 Å². The van der Waals surface area contributed by atoms with Gasteiger partial charge in [-0.2, -0.15) is 0 Å². The Morgan fingerprint density at radius 2 is 1.93 bits per heavy atom. The van der Waals surface area contributed by atoms with Crippen LogP contribution in [-0.4, -0.2) is 0 Å². The predicted octanol–water partition coefficient (Wildman–Crippen LogP) is 3.75. The summed E-state index contributed by atoms with van der Waals surface area (Å²) in [6.07, 6.45) is 4.92. The molecule has 0 saturated heterocycles. The third-order valence-electron chi connectivity index (χ3n) is 1.77. The van der Waals surface area contributed by atoms with Gasteiger partial charge in [0.1, 0.15) is 0 Å². The smallest absolute Gasteiger partial charge is 0.0115 e. The van der Waals surface area contributed by atoms with Gasteiger partial charge in [-0.25, -0.2) is 0 Å². The van der Waals surface area contributed by atoms with Gasteiger partial charge < -0.3 is 0 Å². The summed E-state index contributed by atoms with van der Waals surface area (Å²) in [5, 5.41) is 0. The Labute approximate surface area is 86.7 Å². The summed E-state index contributed by atoms with van der Waals surface area (Å²) in [6, 6.07) is 10.2. The molecule has 1 aromatic rings. The Morgan fingerprint density at radius 3 is 2.57 bits per heavy atom. The van der Waals surface area contributed by atoms with Crippen LogP contribution < -0.4 is 0 Å². The second-order valence-electron chi connectivity index (χ2n) is 3.66. The molecule has 72 valence electrons. The van der Waals surface area contributed by atoms with Crippen LogP contribution in [0.5, 0.6) is 0 Å². The summed E-state index contributed by atoms with van der Waals surface area (Å²) in [4.78, 5) is 0. The molecule has 0 N–H and O–H groups in total. The molecule has 0 bridgehead atoms. The molecule has 1 aromatic carbocycles. The van der Waals surface area contributed by atoms with Crippen molar-refractivity contribution in [3.63, 3.8) is 0 Å². The average Bonchev–Trinajstić information content (AvgIpc) is 2.18. The van der Waals surface area contributed by atoms with E-state index in [1.807, 2.05) is 30.4 Å². The quantitative estimate of drug-likeness (QED) is 0.614. The molecule has 0 aliphatic rings. The Balaban J connectivity index is 2.44. The van der Waals surface area contributed by atoms with E-state index in [1.165, 1.54) is 5.56 Å². The zero-order valence-corrected chi connectivity index (χ0v) is 8.83. The minimum absolute atomic E-state index is 0.660. The lowest BCUT2D eigenvalue weighted by Gasteiger charge is -1.91. The van der Waals surface area contributed by atoms with Crippen LogP contribution in [0.1, 0.15) is 25.8 Å². The van der Waals surface area contributed by atoms with E-state index in [9.17, 15) is 0 Å². The molecule has 0 saturated carbocycles. The molecule has 0 nitrogen and oxygen atoms in total. The Bertz CT molecular complexity index is 333. The van der Waals surface area contributed by atoms with E-state index in [-0.39, 0.29) is 0 Å². The maximum atomic E-state index is 3.12. The van der Waals surface area contributed by atoms with E-state index in [0.29, 0.717) is 5.92 Å². The Kier molecular flexibility index (Phi) is 4.58. The van der Waals surface area contributed by atoms with Crippen LogP contribution in [0.2, 0.25) is 0 Å². The van der Waals surface area contributed by atoms with Crippen LogP contribution >= 0.6 is 0 Å². The van der Waals surface area contributed by atoms with Crippen molar-refractivity contribution in [2.24, 2.45) is 5.92 Å². The third-order valence-corrected chi connectivity index (χ3v) is 1.77. The highest BCUT2D eigenvalue weighted by molar-refractivity contribution is 5.52. The molecule has 1 rings (SSSR count). The third kappa shape index (κ3) is 4.52. The number of allylic oxidation sites excluding steroid dienone is 1. The van der Waals surface area contributed by atoms with Gasteiger partial charge in [0.05, 0.1) is 0 Å². The summed E-state index contributed by atoms with van der Waals surface area (Å²) >= 11 is 0. The largest absolute Gasteiger partial charge is 0.0983 e. The molecule has 14 heavy (non-hydrogen) atoms. The molecule has 0 aliphatic carbocycles. The van der Waals surface area contributed by atoms with E-state index >= 15 is 0 Å². The van der Waals surface area contributed by atoms with Crippen molar-refractivity contribution in [1.82, 2.24) is 0 Å². The van der Waals surface area contributed by atoms with Crippen molar-refractivity contribution in [2.75, 3.05) is 0 Å². The summed E-state index contributed by atoms with van der Waals surface area (Å²) in [5.74, 6) is 6.81. The Hall–Kier alpha value is -1.48. The highest BCUT2D eigenvalue weighted by atomic mass is 13.9. The highest BCUT2D eigenvalue weighted by Gasteiger charge is 1.85. The van der Waals surface area contributed by atoms with E-state index < -0.39 is 0 Å². The van der Waals surface area contributed by atoms with Crippen LogP contribution in [0.25, 0.3) is 6.08 Å². The molecule has 0 fully saturated rings. The second-order valence-corrected chi connectivity index (χ2v) is 3.66. The van der Waals surface area contributed by atoms with Gasteiger partial charge in [0.25, 0.3) is 0 Å². The summed E-state index contributed by atoms with van der Waals surface area (Å²) in [7, 11) is 0. The molecule has 0 atom stereocenters. The first-order valence-corrected chi connectivity index (χ1v) is 4.99. The average molecular weight is 184 g/mol. The first-order chi connectivity index (χ1) is 6.79. The fourth-order valence-electron chi connectivity index (χ4n) is 1.02. The minimum atomic E-state index is 0.660. The van der Waals surface area contributed by atoms with Gasteiger partial charge in [-0.15, -0.1) is 0 Å². The Morgan fingerprint density at radius 1 is 1.21 bits per heavy atom. The first-order valence-electron chi connectivity index (χ1n) is 4.99. The van der Waals surface area contributed by atoms with Crippen molar-refractivity contribution in [2.45, 2.75) is 20.3 Å². The van der Waals surface area contributed by atoms with Crippen LogP contribution in [-0.2, 0) is 0 Å². The fraction of sp³-hybridized carbons (Fsp3) is 0.286. The molecule has 0 heterocycles. The van der Waals surface area contributed by atoms with Crippen molar-refractivity contribution < 1.29 is 0 Å². The zero-order chi connectivity index (χ0) is 10.2. The van der Waals surface area contributed by atoms with Gasteiger partial charge in [0, 0.05) is 6.42 Å². The second kappa shape index (κ2) is 6.05. The molecule has 0 aromatic heterocycles. The normalized spacial score (nSPS) is 10.2. The number of hydrogen-bond donors (Lipinski definition) is 0. The molecule has 0 amide bonds. The number of rotatable bonds is 2. The first kappa shape index (κ1) is 10.6. The minimum Gasteiger partial charge on any atom is -0.0983 e. The summed E-state index contributed by atoms with van der Waals surface area (Å²) in [6.45, 7) is 4.35. The van der Waals surface area contributed by atoms with Gasteiger partial charge in [-0.3, -0.25) is 0 Å². The van der Waals surface area contributed by atoms with Gasteiger partial charge in [-0.05, 0) is 23.6 Å². The van der Waals surface area contributed by atoms with Crippen LogP contribution in [0, 0.1) is 17.8 Å². The maximum absolute atomic E-state index is 3.12. The number of benzene rings is 1. The topological polar surface area (TPSA) is 0 Å². The van der Waals surface area contributed by atoms with Crippen molar-refractivity contribution in [3.05, 3.63) is 42.0 Å². The zero-order valence-electron chi connectivity index (χ0n) is 8.83. The monoisotopic (exact) mass is 184 g/mol. The molecule has 0 spiro atoms. The van der Waals surface area contributed by atoms with Gasteiger partial charge >= 0.3 is 0 Å². The van der Waals surface area contributed by atoms with Crippen LogP contribution in [0.15, 0.2) is 36.4 Å². The lowest BCUT2D eigenvalue weighted by molar-refractivity contribution is 0.676.